The van der Waals surface area contributed by atoms with Gasteiger partial charge in [-0.2, -0.15) is 0 Å². The minimum atomic E-state index is -0.462. The van der Waals surface area contributed by atoms with Crippen molar-refractivity contribution >= 4 is 11.9 Å². The molecule has 1 heterocycles. The summed E-state index contributed by atoms with van der Waals surface area (Å²) < 4.78 is 16.2. The van der Waals surface area contributed by atoms with E-state index in [0.717, 1.165) is 61.8 Å². The maximum absolute atomic E-state index is 12.9. The van der Waals surface area contributed by atoms with Crippen LogP contribution in [-0.2, 0) is 38.4 Å². The van der Waals surface area contributed by atoms with Crippen molar-refractivity contribution in [2.45, 2.75) is 77.8 Å². The Bertz CT molecular complexity index is 1120. The average molecular weight is 522 g/mol. The topological polar surface area (TPSA) is 77.8 Å². The number of esters is 2. The normalized spacial score (nSPS) is 27.8. The van der Waals surface area contributed by atoms with Gasteiger partial charge < -0.3 is 13.9 Å². The number of ether oxygens (including phenoxy) is 2. The number of carbonyl (C=O) groups excluding carboxylic acids is 2. The second-order valence-corrected chi connectivity index (χ2v) is 11.6. The molecule has 1 aromatic heterocycles. The Morgan fingerprint density at radius 1 is 1.13 bits per heavy atom. The fraction of sp³-hybridized carbons (Fsp3) is 0.562. The number of carbonyl (C=O) groups is 2. The Hall–Kier alpha value is -2.86. The summed E-state index contributed by atoms with van der Waals surface area (Å²) in [6, 6.07) is 11.5. The zero-order valence-corrected chi connectivity index (χ0v) is 23.4. The Balaban J connectivity index is 1.44. The monoisotopic (exact) mass is 521 g/mol. The third-order valence-corrected chi connectivity index (χ3v) is 9.49. The fourth-order valence-corrected chi connectivity index (χ4v) is 7.45. The van der Waals surface area contributed by atoms with Crippen LogP contribution >= 0.6 is 0 Å². The van der Waals surface area contributed by atoms with Gasteiger partial charge in [-0.3, -0.25) is 14.9 Å². The Morgan fingerprint density at radius 2 is 1.89 bits per heavy atom. The molecule has 0 saturated heterocycles. The molecule has 0 radical (unpaired) electrons. The molecule has 2 fully saturated rings. The molecule has 2 aliphatic rings. The number of methoxy groups -OCH3 is 2. The largest absolute Gasteiger partial charge is 0.469 e. The van der Waals surface area contributed by atoms with E-state index in [2.05, 4.69) is 25.7 Å². The summed E-state index contributed by atoms with van der Waals surface area (Å²) in [6.45, 7) is 9.42. The molecule has 1 aromatic carbocycles. The third kappa shape index (κ3) is 5.61. The van der Waals surface area contributed by atoms with Crippen molar-refractivity contribution in [3.05, 3.63) is 71.7 Å². The average Bonchev–Trinajstić information content (AvgIpc) is 3.37. The number of hydrogen-bond donors (Lipinski definition) is 1. The van der Waals surface area contributed by atoms with E-state index in [0.29, 0.717) is 18.9 Å². The summed E-state index contributed by atoms with van der Waals surface area (Å²) in [4.78, 5) is 25.3. The molecule has 0 spiro atoms. The van der Waals surface area contributed by atoms with Gasteiger partial charge in [-0.15, -0.1) is 0 Å². The first-order chi connectivity index (χ1) is 18.2. The molecule has 6 heteroatoms. The van der Waals surface area contributed by atoms with E-state index in [1.807, 2.05) is 36.4 Å². The van der Waals surface area contributed by atoms with Crippen molar-refractivity contribution < 1.29 is 23.5 Å². The van der Waals surface area contributed by atoms with Crippen molar-refractivity contribution in [3.63, 3.8) is 0 Å². The van der Waals surface area contributed by atoms with E-state index in [-0.39, 0.29) is 23.3 Å². The van der Waals surface area contributed by atoms with Crippen LogP contribution in [0.4, 0.5) is 0 Å². The van der Waals surface area contributed by atoms with Gasteiger partial charge in [0.05, 0.1) is 32.4 Å². The number of rotatable bonds is 10. The van der Waals surface area contributed by atoms with E-state index in [9.17, 15) is 9.59 Å². The van der Waals surface area contributed by atoms with Gasteiger partial charge in [0.1, 0.15) is 11.8 Å². The number of furan rings is 1. The standard InChI is InChI=1S/C32H43NO5/c1-22-12-15-28-31(2,17-9-18-32(28,3)30(35)37-5)25(22)14-13-24-16-19-38-27(24)21-33-26(29(34)36-4)20-23-10-7-6-8-11-23/h6-8,10-11,16,19,25-26,28,33H,1,9,12-15,17-18,20-21H2,2-5H3/t25-,26?,28?,31+,32-/m0/s1. The predicted octanol–water partition coefficient (Wildman–Crippen LogP) is 6.04. The predicted molar refractivity (Wildman–Crippen MR) is 147 cm³/mol. The van der Waals surface area contributed by atoms with Gasteiger partial charge in [-0.05, 0) is 86.3 Å². The van der Waals surface area contributed by atoms with Crippen LogP contribution in [0.5, 0.6) is 0 Å². The lowest BCUT2D eigenvalue weighted by Gasteiger charge is -2.57. The molecule has 2 aromatic rings. The summed E-state index contributed by atoms with van der Waals surface area (Å²) in [6.07, 6.45) is 9.06. The molecule has 6 nitrogen and oxygen atoms in total. The maximum Gasteiger partial charge on any atom is 0.323 e. The quantitative estimate of drug-likeness (QED) is 0.303. The first-order valence-corrected chi connectivity index (χ1v) is 13.9. The summed E-state index contributed by atoms with van der Waals surface area (Å²) >= 11 is 0. The van der Waals surface area contributed by atoms with Crippen LogP contribution in [-0.4, -0.2) is 32.2 Å². The molecule has 38 heavy (non-hydrogen) atoms. The number of benzene rings is 1. The van der Waals surface area contributed by atoms with E-state index >= 15 is 0 Å². The molecule has 0 aliphatic heterocycles. The van der Waals surface area contributed by atoms with Crippen LogP contribution in [0.15, 0.2) is 59.2 Å². The first-order valence-electron chi connectivity index (χ1n) is 13.9. The fourth-order valence-electron chi connectivity index (χ4n) is 7.45. The van der Waals surface area contributed by atoms with Crippen molar-refractivity contribution in [2.24, 2.45) is 22.7 Å². The number of allylic oxidation sites excluding steroid dienone is 1. The second-order valence-electron chi connectivity index (χ2n) is 11.6. The summed E-state index contributed by atoms with van der Waals surface area (Å²) in [7, 11) is 2.93. The molecule has 2 aliphatic carbocycles. The SMILES string of the molecule is C=C1CCC2[C@](C)(CCC[C@]2(C)C(=O)OC)[C@H]1CCc1ccoc1CNC(Cc1ccccc1)C(=O)OC. The molecule has 5 atom stereocenters. The van der Waals surface area contributed by atoms with Gasteiger partial charge in [0.15, 0.2) is 0 Å². The van der Waals surface area contributed by atoms with E-state index in [4.69, 9.17) is 13.9 Å². The number of fused-ring (bicyclic) bond motifs is 1. The van der Waals surface area contributed by atoms with Crippen LogP contribution in [0.3, 0.4) is 0 Å². The second kappa shape index (κ2) is 11.9. The molecule has 4 rings (SSSR count). The van der Waals surface area contributed by atoms with E-state index < -0.39 is 11.5 Å². The van der Waals surface area contributed by atoms with E-state index in [1.165, 1.54) is 19.8 Å². The molecule has 206 valence electrons. The summed E-state index contributed by atoms with van der Waals surface area (Å²) in [5.41, 5.74) is 3.10. The van der Waals surface area contributed by atoms with Crippen molar-refractivity contribution in [1.82, 2.24) is 5.32 Å². The number of nitrogens with one attached hydrogen (secondary N) is 1. The highest BCUT2D eigenvalue weighted by atomic mass is 16.5. The Morgan fingerprint density at radius 3 is 2.61 bits per heavy atom. The van der Waals surface area contributed by atoms with Gasteiger partial charge >= 0.3 is 11.9 Å². The van der Waals surface area contributed by atoms with Crippen molar-refractivity contribution in [3.8, 4) is 0 Å². The molecule has 2 unspecified atom stereocenters. The van der Waals surface area contributed by atoms with Crippen molar-refractivity contribution in [1.29, 1.82) is 0 Å². The van der Waals surface area contributed by atoms with Crippen LogP contribution in [0.2, 0.25) is 0 Å². The molecule has 1 N–H and O–H groups in total. The smallest absolute Gasteiger partial charge is 0.323 e. The molecular weight excluding hydrogens is 478 g/mol. The van der Waals surface area contributed by atoms with Gasteiger partial charge in [-0.1, -0.05) is 55.8 Å². The van der Waals surface area contributed by atoms with E-state index in [1.54, 1.807) is 6.26 Å². The zero-order chi connectivity index (χ0) is 27.3. The summed E-state index contributed by atoms with van der Waals surface area (Å²) in [5.74, 6) is 1.11. The van der Waals surface area contributed by atoms with Crippen LogP contribution in [0.1, 0.15) is 69.3 Å². The highest BCUT2D eigenvalue weighted by molar-refractivity contribution is 5.77. The first kappa shape index (κ1) is 28.2. The zero-order valence-electron chi connectivity index (χ0n) is 23.4. The minimum Gasteiger partial charge on any atom is -0.469 e. The Labute approximate surface area is 227 Å². The van der Waals surface area contributed by atoms with Gasteiger partial charge in [-0.25, -0.2) is 0 Å². The highest BCUT2D eigenvalue weighted by Gasteiger charge is 2.57. The molecule has 2 saturated carbocycles. The van der Waals surface area contributed by atoms with Crippen LogP contribution < -0.4 is 5.32 Å². The molecule has 0 bridgehead atoms. The highest BCUT2D eigenvalue weighted by Crippen LogP contribution is 2.62. The molecule has 0 amide bonds. The van der Waals surface area contributed by atoms with Gasteiger partial charge in [0.25, 0.3) is 0 Å². The molecular formula is C32H43NO5. The number of hydrogen-bond acceptors (Lipinski definition) is 6. The maximum atomic E-state index is 12.9. The van der Waals surface area contributed by atoms with Gasteiger partial charge in [0, 0.05) is 0 Å². The Kier molecular flexibility index (Phi) is 8.81. The van der Waals surface area contributed by atoms with Gasteiger partial charge in [0.2, 0.25) is 0 Å². The minimum absolute atomic E-state index is 0.0182. The number of aryl methyl sites for hydroxylation is 1. The lowest BCUT2D eigenvalue weighted by atomic mass is 9.46. The lowest BCUT2D eigenvalue weighted by Crippen LogP contribution is -2.53. The summed E-state index contributed by atoms with van der Waals surface area (Å²) in [5, 5.41) is 3.35. The van der Waals surface area contributed by atoms with Crippen LogP contribution in [0.25, 0.3) is 0 Å². The van der Waals surface area contributed by atoms with Crippen LogP contribution in [0, 0.1) is 22.7 Å². The third-order valence-electron chi connectivity index (χ3n) is 9.49. The van der Waals surface area contributed by atoms with Crippen molar-refractivity contribution in [2.75, 3.05) is 14.2 Å². The lowest BCUT2D eigenvalue weighted by molar-refractivity contribution is -0.168.